The van der Waals surface area contributed by atoms with E-state index in [4.69, 9.17) is 10.8 Å². The first-order valence-corrected chi connectivity index (χ1v) is 6.10. The van der Waals surface area contributed by atoms with Gasteiger partial charge in [-0.2, -0.15) is 0 Å². The van der Waals surface area contributed by atoms with E-state index >= 15 is 0 Å². The Morgan fingerprint density at radius 2 is 1.94 bits per heavy atom. The van der Waals surface area contributed by atoms with E-state index in [1.165, 1.54) is 5.56 Å². The third-order valence-corrected chi connectivity index (χ3v) is 3.07. The van der Waals surface area contributed by atoms with Gasteiger partial charge in [0.1, 0.15) is 0 Å². The summed E-state index contributed by atoms with van der Waals surface area (Å²) in [6.07, 6.45) is 2.57. The topological polar surface area (TPSA) is 63.3 Å². The maximum atomic E-state index is 10.8. The molecule has 0 aliphatic heterocycles. The smallest absolute Gasteiger partial charge is 0.307 e. The number of nitrogens with two attached hydrogens (primary N) is 1. The Balaban J connectivity index is 2.35. The Morgan fingerprint density at radius 3 is 2.47 bits per heavy atom. The Kier molecular flexibility index (Phi) is 5.70. The van der Waals surface area contributed by atoms with Crippen LogP contribution < -0.4 is 5.73 Å². The first kappa shape index (κ1) is 13.7. The fraction of sp³-hybridized carbons (Fsp3) is 0.500. The van der Waals surface area contributed by atoms with Crippen molar-refractivity contribution in [2.75, 3.05) is 6.54 Å². The highest BCUT2D eigenvalue weighted by molar-refractivity contribution is 5.70. The van der Waals surface area contributed by atoms with Crippen molar-refractivity contribution in [2.24, 2.45) is 17.6 Å². The second kappa shape index (κ2) is 7.07. The number of carboxylic acids is 1. The maximum Gasteiger partial charge on any atom is 0.307 e. The van der Waals surface area contributed by atoms with Crippen molar-refractivity contribution in [1.29, 1.82) is 0 Å². The molecule has 2 atom stereocenters. The minimum atomic E-state index is -0.778. The van der Waals surface area contributed by atoms with Crippen LogP contribution in [0.15, 0.2) is 30.3 Å². The third kappa shape index (κ3) is 5.00. The van der Waals surface area contributed by atoms with E-state index in [0.717, 1.165) is 12.8 Å². The molecule has 17 heavy (non-hydrogen) atoms. The van der Waals surface area contributed by atoms with E-state index in [9.17, 15) is 4.79 Å². The van der Waals surface area contributed by atoms with Crippen LogP contribution in [-0.2, 0) is 11.2 Å². The molecule has 0 saturated heterocycles. The van der Waals surface area contributed by atoms with Gasteiger partial charge in [-0.05, 0) is 30.7 Å². The van der Waals surface area contributed by atoms with Gasteiger partial charge in [-0.3, -0.25) is 4.79 Å². The molecule has 0 heterocycles. The zero-order valence-electron chi connectivity index (χ0n) is 10.3. The van der Waals surface area contributed by atoms with E-state index in [2.05, 4.69) is 19.1 Å². The van der Waals surface area contributed by atoms with Crippen LogP contribution in [0.5, 0.6) is 0 Å². The standard InChI is InChI=1S/C14H21NO2/c1-11(7-8-13(10-15)14(16)17)9-12-5-3-2-4-6-12/h2-6,11,13H,7-10,15H2,1H3,(H,16,17). The summed E-state index contributed by atoms with van der Waals surface area (Å²) in [6, 6.07) is 10.3. The Morgan fingerprint density at radius 1 is 1.29 bits per heavy atom. The molecule has 0 radical (unpaired) electrons. The minimum absolute atomic E-state index is 0.230. The van der Waals surface area contributed by atoms with Gasteiger partial charge in [0.15, 0.2) is 0 Å². The summed E-state index contributed by atoms with van der Waals surface area (Å²) in [6.45, 7) is 2.38. The first-order chi connectivity index (χ1) is 8.13. The molecular formula is C14H21NO2. The van der Waals surface area contributed by atoms with Crippen LogP contribution in [0, 0.1) is 11.8 Å². The zero-order chi connectivity index (χ0) is 12.7. The lowest BCUT2D eigenvalue weighted by molar-refractivity contribution is -0.141. The summed E-state index contributed by atoms with van der Waals surface area (Å²) in [7, 11) is 0. The molecule has 3 N–H and O–H groups in total. The van der Waals surface area contributed by atoms with Crippen molar-refractivity contribution in [2.45, 2.75) is 26.2 Å². The van der Waals surface area contributed by atoms with E-state index in [-0.39, 0.29) is 6.54 Å². The summed E-state index contributed by atoms with van der Waals surface area (Å²) in [5.41, 5.74) is 6.74. The van der Waals surface area contributed by atoms with Gasteiger partial charge in [0.05, 0.1) is 5.92 Å². The molecule has 3 nitrogen and oxygen atoms in total. The summed E-state index contributed by atoms with van der Waals surface area (Å²) < 4.78 is 0. The van der Waals surface area contributed by atoms with Crippen LogP contribution in [0.1, 0.15) is 25.3 Å². The Bertz CT molecular complexity index is 337. The lowest BCUT2D eigenvalue weighted by Crippen LogP contribution is -2.23. The fourth-order valence-electron chi connectivity index (χ4n) is 1.95. The molecule has 0 saturated carbocycles. The highest BCUT2D eigenvalue weighted by atomic mass is 16.4. The summed E-state index contributed by atoms with van der Waals surface area (Å²) in [5.74, 6) is -0.682. The van der Waals surface area contributed by atoms with Gasteiger partial charge in [0, 0.05) is 6.54 Å². The molecule has 94 valence electrons. The van der Waals surface area contributed by atoms with E-state index in [1.54, 1.807) is 0 Å². The van der Waals surface area contributed by atoms with Crippen LogP contribution in [0.3, 0.4) is 0 Å². The minimum Gasteiger partial charge on any atom is -0.481 e. The van der Waals surface area contributed by atoms with Gasteiger partial charge >= 0.3 is 5.97 Å². The largest absolute Gasteiger partial charge is 0.481 e. The van der Waals surface area contributed by atoms with Crippen molar-refractivity contribution in [1.82, 2.24) is 0 Å². The molecule has 0 amide bonds. The molecule has 2 unspecified atom stereocenters. The molecular weight excluding hydrogens is 214 g/mol. The van der Waals surface area contributed by atoms with Gasteiger partial charge < -0.3 is 10.8 Å². The van der Waals surface area contributed by atoms with Crippen molar-refractivity contribution in [3.63, 3.8) is 0 Å². The Hall–Kier alpha value is -1.35. The maximum absolute atomic E-state index is 10.8. The highest BCUT2D eigenvalue weighted by Crippen LogP contribution is 2.16. The highest BCUT2D eigenvalue weighted by Gasteiger charge is 2.16. The number of hydrogen-bond acceptors (Lipinski definition) is 2. The van der Waals surface area contributed by atoms with Gasteiger partial charge in [-0.25, -0.2) is 0 Å². The predicted molar refractivity (Wildman–Crippen MR) is 68.7 cm³/mol. The van der Waals surface area contributed by atoms with Crippen LogP contribution in [0.2, 0.25) is 0 Å². The van der Waals surface area contributed by atoms with E-state index < -0.39 is 11.9 Å². The SMILES string of the molecule is CC(CCC(CN)C(=O)O)Cc1ccccc1. The predicted octanol–water partition coefficient (Wildman–Crippen LogP) is 2.30. The van der Waals surface area contributed by atoms with Crippen molar-refractivity contribution in [3.8, 4) is 0 Å². The van der Waals surface area contributed by atoms with Crippen LogP contribution in [0.4, 0.5) is 0 Å². The second-order valence-corrected chi connectivity index (χ2v) is 4.64. The number of carbonyl (C=O) groups is 1. The fourth-order valence-corrected chi connectivity index (χ4v) is 1.95. The van der Waals surface area contributed by atoms with E-state index in [1.807, 2.05) is 18.2 Å². The molecule has 0 bridgehead atoms. The lowest BCUT2D eigenvalue weighted by atomic mass is 9.92. The van der Waals surface area contributed by atoms with Crippen molar-refractivity contribution >= 4 is 5.97 Å². The molecule has 0 aliphatic carbocycles. The van der Waals surface area contributed by atoms with Crippen LogP contribution >= 0.6 is 0 Å². The number of aliphatic carboxylic acids is 1. The first-order valence-electron chi connectivity index (χ1n) is 6.10. The summed E-state index contributed by atoms with van der Waals surface area (Å²) in [5, 5.41) is 8.90. The number of carboxylic acid groups (broad SMARTS) is 1. The lowest BCUT2D eigenvalue weighted by Gasteiger charge is -2.14. The van der Waals surface area contributed by atoms with Gasteiger partial charge in [0.25, 0.3) is 0 Å². The number of benzene rings is 1. The molecule has 0 aliphatic rings. The van der Waals surface area contributed by atoms with Gasteiger partial charge in [-0.15, -0.1) is 0 Å². The van der Waals surface area contributed by atoms with Crippen molar-refractivity contribution < 1.29 is 9.90 Å². The molecule has 0 fully saturated rings. The van der Waals surface area contributed by atoms with Crippen LogP contribution in [-0.4, -0.2) is 17.6 Å². The average Bonchev–Trinajstić information content (AvgIpc) is 2.30. The Labute approximate surface area is 103 Å². The van der Waals surface area contributed by atoms with E-state index in [0.29, 0.717) is 12.3 Å². The van der Waals surface area contributed by atoms with Gasteiger partial charge in [0.2, 0.25) is 0 Å². The molecule has 0 aromatic heterocycles. The van der Waals surface area contributed by atoms with Crippen LogP contribution in [0.25, 0.3) is 0 Å². The molecule has 1 aromatic rings. The second-order valence-electron chi connectivity index (χ2n) is 4.64. The molecule has 0 spiro atoms. The molecule has 3 heteroatoms. The summed E-state index contributed by atoms with van der Waals surface area (Å²) in [4.78, 5) is 10.8. The summed E-state index contributed by atoms with van der Waals surface area (Å²) >= 11 is 0. The molecule has 1 aromatic carbocycles. The van der Waals surface area contributed by atoms with Crippen molar-refractivity contribution in [3.05, 3.63) is 35.9 Å². The average molecular weight is 235 g/mol. The molecule has 1 rings (SSSR count). The van der Waals surface area contributed by atoms with Gasteiger partial charge in [-0.1, -0.05) is 37.3 Å². The number of hydrogen-bond donors (Lipinski definition) is 2. The number of rotatable bonds is 7. The zero-order valence-corrected chi connectivity index (χ0v) is 10.3. The third-order valence-electron chi connectivity index (χ3n) is 3.07. The monoisotopic (exact) mass is 235 g/mol. The quantitative estimate of drug-likeness (QED) is 0.762. The normalized spacial score (nSPS) is 14.2.